The molecule has 0 aromatic heterocycles. The van der Waals surface area contributed by atoms with Gasteiger partial charge in [-0.3, -0.25) is 9.69 Å². The van der Waals surface area contributed by atoms with Crippen molar-refractivity contribution >= 4 is 22.9 Å². The maximum atomic E-state index is 13.8. The molecule has 1 saturated heterocycles. The van der Waals surface area contributed by atoms with E-state index < -0.39 is 0 Å². The summed E-state index contributed by atoms with van der Waals surface area (Å²) in [5.41, 5.74) is 4.86. The van der Waals surface area contributed by atoms with E-state index in [4.69, 9.17) is 9.47 Å². The maximum absolute atomic E-state index is 13.8. The number of fused-ring (bicyclic) bond motifs is 2. The van der Waals surface area contributed by atoms with Gasteiger partial charge in [-0.25, -0.2) is 4.39 Å². The Labute approximate surface area is 187 Å². The van der Waals surface area contributed by atoms with Crippen LogP contribution in [0.3, 0.4) is 0 Å². The summed E-state index contributed by atoms with van der Waals surface area (Å²) >= 11 is 0. The SMILES string of the molecule is COCCN1CCN(CCc2ccc3c(c2)CO/C3=C2/C(=O)Nc3ccc(F)cc32)CC1. The molecule has 0 aliphatic carbocycles. The number of methoxy groups -OCH3 is 1. The quantitative estimate of drug-likeness (QED) is 0.705. The minimum Gasteiger partial charge on any atom is -0.487 e. The Hall–Kier alpha value is -2.74. The van der Waals surface area contributed by atoms with E-state index >= 15 is 0 Å². The molecule has 6 nitrogen and oxygen atoms in total. The maximum Gasteiger partial charge on any atom is 0.260 e. The van der Waals surface area contributed by atoms with Gasteiger partial charge in [0.1, 0.15) is 18.2 Å². The summed E-state index contributed by atoms with van der Waals surface area (Å²) in [6.07, 6.45) is 0.978. The van der Waals surface area contributed by atoms with Gasteiger partial charge in [0, 0.05) is 68.8 Å². The van der Waals surface area contributed by atoms with Crippen molar-refractivity contribution in [2.45, 2.75) is 13.0 Å². The monoisotopic (exact) mass is 437 g/mol. The molecule has 7 heteroatoms. The third kappa shape index (κ3) is 4.16. The molecular weight excluding hydrogens is 409 g/mol. The Bertz CT molecular complexity index is 1060. The highest BCUT2D eigenvalue weighted by molar-refractivity contribution is 6.36. The number of rotatable bonds is 6. The predicted molar refractivity (Wildman–Crippen MR) is 122 cm³/mol. The van der Waals surface area contributed by atoms with Crippen molar-refractivity contribution < 1.29 is 18.7 Å². The summed E-state index contributed by atoms with van der Waals surface area (Å²) in [6, 6.07) is 10.7. The van der Waals surface area contributed by atoms with Crippen LogP contribution in [-0.4, -0.2) is 68.7 Å². The minimum absolute atomic E-state index is 0.248. The fourth-order valence-electron chi connectivity index (χ4n) is 4.69. The van der Waals surface area contributed by atoms with Crippen LogP contribution in [0, 0.1) is 5.82 Å². The Balaban J connectivity index is 1.27. The third-order valence-corrected chi connectivity index (χ3v) is 6.53. The van der Waals surface area contributed by atoms with Crippen LogP contribution in [-0.2, 0) is 27.3 Å². The van der Waals surface area contributed by atoms with E-state index in [1.807, 2.05) is 6.07 Å². The second kappa shape index (κ2) is 9.02. The number of hydrogen-bond acceptors (Lipinski definition) is 5. The number of anilines is 1. The first-order valence-electron chi connectivity index (χ1n) is 11.2. The van der Waals surface area contributed by atoms with Crippen molar-refractivity contribution in [1.82, 2.24) is 9.80 Å². The van der Waals surface area contributed by atoms with Gasteiger partial charge in [0.2, 0.25) is 0 Å². The lowest BCUT2D eigenvalue weighted by molar-refractivity contribution is -0.110. The molecular formula is C25H28FN3O3. The van der Waals surface area contributed by atoms with Gasteiger partial charge >= 0.3 is 0 Å². The fraction of sp³-hybridized carbons (Fsp3) is 0.400. The second-order valence-corrected chi connectivity index (χ2v) is 8.55. The van der Waals surface area contributed by atoms with Gasteiger partial charge < -0.3 is 19.7 Å². The summed E-state index contributed by atoms with van der Waals surface area (Å²) in [5.74, 6) is -0.0748. The van der Waals surface area contributed by atoms with Gasteiger partial charge in [0.15, 0.2) is 0 Å². The van der Waals surface area contributed by atoms with Gasteiger partial charge in [-0.15, -0.1) is 0 Å². The van der Waals surface area contributed by atoms with E-state index in [1.165, 1.54) is 17.7 Å². The van der Waals surface area contributed by atoms with Crippen molar-refractivity contribution in [3.8, 4) is 0 Å². The molecule has 0 atom stereocenters. The highest BCUT2D eigenvalue weighted by Crippen LogP contribution is 2.41. The number of nitrogens with zero attached hydrogens (tertiary/aromatic N) is 2. The first-order valence-corrected chi connectivity index (χ1v) is 11.2. The van der Waals surface area contributed by atoms with E-state index in [-0.39, 0.29) is 11.7 Å². The van der Waals surface area contributed by atoms with Crippen molar-refractivity contribution in [1.29, 1.82) is 0 Å². The zero-order chi connectivity index (χ0) is 22.1. The first kappa shape index (κ1) is 21.1. The van der Waals surface area contributed by atoms with Crippen LogP contribution < -0.4 is 5.32 Å². The molecule has 32 heavy (non-hydrogen) atoms. The summed E-state index contributed by atoms with van der Waals surface area (Å²) in [5, 5.41) is 2.81. The minimum atomic E-state index is -0.369. The zero-order valence-corrected chi connectivity index (χ0v) is 18.3. The van der Waals surface area contributed by atoms with Gasteiger partial charge in [-0.05, 0) is 30.2 Å². The Morgan fingerprint density at radius 1 is 1.03 bits per heavy atom. The number of halogens is 1. The topological polar surface area (TPSA) is 54.0 Å². The Morgan fingerprint density at radius 2 is 1.81 bits per heavy atom. The van der Waals surface area contributed by atoms with Crippen LogP contribution in [0.5, 0.6) is 0 Å². The third-order valence-electron chi connectivity index (χ3n) is 6.53. The number of hydrogen-bond donors (Lipinski definition) is 1. The number of carbonyl (C=O) groups is 1. The number of benzene rings is 2. The largest absolute Gasteiger partial charge is 0.487 e. The molecule has 3 aliphatic heterocycles. The molecule has 1 N–H and O–H groups in total. The number of carbonyl (C=O) groups excluding carboxylic acids is 1. The van der Waals surface area contributed by atoms with Gasteiger partial charge in [-0.1, -0.05) is 18.2 Å². The Morgan fingerprint density at radius 3 is 2.59 bits per heavy atom. The van der Waals surface area contributed by atoms with Crippen molar-refractivity contribution in [3.05, 3.63) is 64.5 Å². The van der Waals surface area contributed by atoms with Crippen LogP contribution in [0.4, 0.5) is 10.1 Å². The molecule has 2 aromatic rings. The second-order valence-electron chi connectivity index (χ2n) is 8.55. The molecule has 0 saturated carbocycles. The van der Waals surface area contributed by atoms with Crippen molar-refractivity contribution in [2.24, 2.45) is 0 Å². The zero-order valence-electron chi connectivity index (χ0n) is 18.3. The molecule has 1 amide bonds. The first-order chi connectivity index (χ1) is 15.6. The molecule has 2 aromatic carbocycles. The predicted octanol–water partition coefficient (Wildman–Crippen LogP) is 2.98. The Kier molecular flexibility index (Phi) is 5.95. The van der Waals surface area contributed by atoms with E-state index in [0.717, 1.165) is 63.4 Å². The van der Waals surface area contributed by atoms with E-state index in [1.54, 1.807) is 13.2 Å². The van der Waals surface area contributed by atoms with Crippen LogP contribution in [0.15, 0.2) is 36.4 Å². The summed E-state index contributed by atoms with van der Waals surface area (Å²) in [4.78, 5) is 17.5. The number of nitrogens with one attached hydrogen (secondary N) is 1. The number of piperazine rings is 1. The summed E-state index contributed by atoms with van der Waals surface area (Å²) in [6.45, 7) is 7.58. The molecule has 0 unspecified atom stereocenters. The standard InChI is InChI=1S/C25H28FN3O3/c1-31-13-12-29-10-8-28(9-11-29)7-6-17-2-4-20-18(14-17)16-32-24(20)23-21-15-19(26)3-5-22(21)27-25(23)30/h2-5,14-15H,6-13,16H2,1H3,(H,27,30)/b24-23+. The summed E-state index contributed by atoms with van der Waals surface area (Å²) in [7, 11) is 1.75. The fourth-order valence-corrected chi connectivity index (χ4v) is 4.69. The van der Waals surface area contributed by atoms with E-state index in [2.05, 4.69) is 27.2 Å². The number of amides is 1. The lowest BCUT2D eigenvalue weighted by atomic mass is 9.98. The van der Waals surface area contributed by atoms with Gasteiger partial charge in [0.05, 0.1) is 12.2 Å². The molecule has 0 spiro atoms. The number of ether oxygens (including phenoxy) is 2. The molecule has 1 fully saturated rings. The van der Waals surface area contributed by atoms with E-state index in [0.29, 0.717) is 29.2 Å². The molecule has 168 valence electrons. The van der Waals surface area contributed by atoms with Crippen LogP contribution >= 0.6 is 0 Å². The van der Waals surface area contributed by atoms with E-state index in [9.17, 15) is 9.18 Å². The highest BCUT2D eigenvalue weighted by atomic mass is 19.1. The van der Waals surface area contributed by atoms with Crippen molar-refractivity contribution in [3.63, 3.8) is 0 Å². The van der Waals surface area contributed by atoms with Crippen LogP contribution in [0.2, 0.25) is 0 Å². The average molecular weight is 438 g/mol. The van der Waals surface area contributed by atoms with Crippen LogP contribution in [0.25, 0.3) is 11.3 Å². The normalized spacial score (nSPS) is 20.8. The van der Waals surface area contributed by atoms with Gasteiger partial charge in [-0.2, -0.15) is 0 Å². The highest BCUT2D eigenvalue weighted by Gasteiger charge is 2.32. The summed E-state index contributed by atoms with van der Waals surface area (Å²) < 4.78 is 24.9. The lowest BCUT2D eigenvalue weighted by Crippen LogP contribution is -2.47. The molecule has 3 aliphatic rings. The van der Waals surface area contributed by atoms with Crippen molar-refractivity contribution in [2.75, 3.05) is 58.3 Å². The average Bonchev–Trinajstić information content (AvgIpc) is 3.35. The molecule has 0 radical (unpaired) electrons. The molecule has 3 heterocycles. The lowest BCUT2D eigenvalue weighted by Gasteiger charge is -2.34. The van der Waals surface area contributed by atoms with Gasteiger partial charge in [0.25, 0.3) is 5.91 Å². The van der Waals surface area contributed by atoms with Crippen LogP contribution in [0.1, 0.15) is 22.3 Å². The molecule has 0 bridgehead atoms. The molecule has 5 rings (SSSR count). The smallest absolute Gasteiger partial charge is 0.260 e.